The van der Waals surface area contributed by atoms with Gasteiger partial charge in [0.15, 0.2) is 0 Å². The molecule has 2 N–H and O–H groups in total. The van der Waals surface area contributed by atoms with Crippen molar-refractivity contribution in [1.29, 1.82) is 0 Å². The van der Waals surface area contributed by atoms with Gasteiger partial charge in [-0.05, 0) is 38.3 Å². The molecule has 1 unspecified atom stereocenters. The fraction of sp³-hybridized carbons (Fsp3) is 0.412. The van der Waals surface area contributed by atoms with Gasteiger partial charge < -0.3 is 10.6 Å². The molecular weight excluding hydrogens is 260 g/mol. The van der Waals surface area contributed by atoms with E-state index in [1.165, 1.54) is 11.1 Å². The van der Waals surface area contributed by atoms with Gasteiger partial charge >= 0.3 is 0 Å². The van der Waals surface area contributed by atoms with Crippen molar-refractivity contribution in [2.24, 2.45) is 0 Å². The summed E-state index contributed by atoms with van der Waals surface area (Å²) >= 11 is 0. The van der Waals surface area contributed by atoms with E-state index in [1.807, 2.05) is 13.0 Å². The Morgan fingerprint density at radius 1 is 1.14 bits per heavy atom. The Morgan fingerprint density at radius 2 is 1.90 bits per heavy atom. The molecule has 2 rings (SSSR count). The molecule has 112 valence electrons. The first-order chi connectivity index (χ1) is 10.1. The SMILES string of the molecule is CCCNc1nc(C)cc(NC(C)c2ccccc2C)n1. The molecule has 2 aromatic rings. The van der Waals surface area contributed by atoms with Crippen molar-refractivity contribution >= 4 is 11.8 Å². The normalized spacial score (nSPS) is 12.0. The number of anilines is 2. The molecule has 1 aromatic heterocycles. The summed E-state index contributed by atoms with van der Waals surface area (Å²) in [7, 11) is 0. The minimum Gasteiger partial charge on any atom is -0.363 e. The third-order valence-electron chi connectivity index (χ3n) is 3.41. The highest BCUT2D eigenvalue weighted by Crippen LogP contribution is 2.21. The van der Waals surface area contributed by atoms with Gasteiger partial charge in [-0.2, -0.15) is 4.98 Å². The molecule has 0 aliphatic heterocycles. The van der Waals surface area contributed by atoms with E-state index < -0.39 is 0 Å². The lowest BCUT2D eigenvalue weighted by Crippen LogP contribution is -2.12. The summed E-state index contributed by atoms with van der Waals surface area (Å²) in [6, 6.07) is 10.6. The Bertz CT molecular complexity index is 595. The van der Waals surface area contributed by atoms with Crippen LogP contribution in [-0.4, -0.2) is 16.5 Å². The highest BCUT2D eigenvalue weighted by Gasteiger charge is 2.09. The second kappa shape index (κ2) is 7.07. The molecular formula is C17H24N4. The maximum atomic E-state index is 4.53. The van der Waals surface area contributed by atoms with Gasteiger partial charge in [0.25, 0.3) is 0 Å². The van der Waals surface area contributed by atoms with Crippen molar-refractivity contribution in [1.82, 2.24) is 9.97 Å². The minimum absolute atomic E-state index is 0.208. The van der Waals surface area contributed by atoms with Crippen LogP contribution in [0.1, 0.15) is 43.1 Å². The average molecular weight is 284 g/mol. The molecule has 1 aromatic carbocycles. The fourth-order valence-electron chi connectivity index (χ4n) is 2.33. The Hall–Kier alpha value is -2.10. The van der Waals surface area contributed by atoms with Crippen LogP contribution in [0.15, 0.2) is 30.3 Å². The predicted molar refractivity (Wildman–Crippen MR) is 88.8 cm³/mol. The first-order valence-corrected chi connectivity index (χ1v) is 7.51. The van der Waals surface area contributed by atoms with Gasteiger partial charge in [0.2, 0.25) is 5.95 Å². The number of hydrogen-bond donors (Lipinski definition) is 2. The van der Waals surface area contributed by atoms with Crippen molar-refractivity contribution in [2.45, 2.75) is 40.2 Å². The standard InChI is InChI=1S/C17H24N4/c1-5-10-18-17-19-13(3)11-16(21-17)20-14(4)15-9-7-6-8-12(15)2/h6-9,11,14H,5,10H2,1-4H3,(H2,18,19,20,21). The van der Waals surface area contributed by atoms with Gasteiger partial charge in [-0.25, -0.2) is 4.98 Å². The van der Waals surface area contributed by atoms with E-state index in [0.717, 1.165) is 24.5 Å². The molecule has 4 heteroatoms. The molecule has 1 heterocycles. The quantitative estimate of drug-likeness (QED) is 0.839. The van der Waals surface area contributed by atoms with Gasteiger partial charge in [0.05, 0.1) is 6.04 Å². The van der Waals surface area contributed by atoms with E-state index in [2.05, 4.69) is 65.6 Å². The zero-order chi connectivity index (χ0) is 15.2. The lowest BCUT2D eigenvalue weighted by Gasteiger charge is -2.18. The largest absolute Gasteiger partial charge is 0.363 e. The first-order valence-electron chi connectivity index (χ1n) is 7.51. The van der Waals surface area contributed by atoms with Crippen molar-refractivity contribution in [3.63, 3.8) is 0 Å². The lowest BCUT2D eigenvalue weighted by molar-refractivity contribution is 0.859. The van der Waals surface area contributed by atoms with Crippen molar-refractivity contribution in [3.05, 3.63) is 47.2 Å². The summed E-state index contributed by atoms with van der Waals surface area (Å²) < 4.78 is 0. The van der Waals surface area contributed by atoms with Crippen LogP contribution in [0.3, 0.4) is 0 Å². The number of rotatable bonds is 6. The molecule has 0 fully saturated rings. The Balaban J connectivity index is 2.15. The second-order valence-corrected chi connectivity index (χ2v) is 5.37. The zero-order valence-electron chi connectivity index (χ0n) is 13.3. The second-order valence-electron chi connectivity index (χ2n) is 5.37. The maximum absolute atomic E-state index is 4.53. The molecule has 0 saturated carbocycles. The number of nitrogens with one attached hydrogen (secondary N) is 2. The third-order valence-corrected chi connectivity index (χ3v) is 3.41. The molecule has 0 bridgehead atoms. The summed E-state index contributed by atoms with van der Waals surface area (Å²) in [5, 5.41) is 6.70. The van der Waals surface area contributed by atoms with Crippen LogP contribution in [0.25, 0.3) is 0 Å². The van der Waals surface area contributed by atoms with Gasteiger partial charge in [-0.1, -0.05) is 31.2 Å². The Kier molecular flexibility index (Phi) is 5.14. The third kappa shape index (κ3) is 4.18. The van der Waals surface area contributed by atoms with Crippen LogP contribution >= 0.6 is 0 Å². The van der Waals surface area contributed by atoms with Crippen molar-refractivity contribution in [2.75, 3.05) is 17.2 Å². The van der Waals surface area contributed by atoms with E-state index in [1.54, 1.807) is 0 Å². The summed E-state index contributed by atoms with van der Waals surface area (Å²) in [5.74, 6) is 1.55. The topological polar surface area (TPSA) is 49.8 Å². The summed E-state index contributed by atoms with van der Waals surface area (Å²) in [4.78, 5) is 8.94. The molecule has 0 radical (unpaired) electrons. The molecule has 0 aliphatic rings. The van der Waals surface area contributed by atoms with Crippen LogP contribution in [0.4, 0.5) is 11.8 Å². The summed E-state index contributed by atoms with van der Waals surface area (Å²) in [5.41, 5.74) is 3.53. The number of aromatic nitrogens is 2. The predicted octanol–water partition coefficient (Wildman–Crippen LogP) is 4.09. The van der Waals surface area contributed by atoms with Gasteiger partial charge in [-0.15, -0.1) is 0 Å². The van der Waals surface area contributed by atoms with Gasteiger partial charge in [0, 0.05) is 18.3 Å². The van der Waals surface area contributed by atoms with E-state index in [9.17, 15) is 0 Å². The molecule has 21 heavy (non-hydrogen) atoms. The van der Waals surface area contributed by atoms with E-state index in [-0.39, 0.29) is 6.04 Å². The van der Waals surface area contributed by atoms with Crippen molar-refractivity contribution < 1.29 is 0 Å². The number of benzene rings is 1. The first kappa shape index (κ1) is 15.3. The van der Waals surface area contributed by atoms with Crippen LogP contribution in [-0.2, 0) is 0 Å². The summed E-state index contributed by atoms with van der Waals surface area (Å²) in [6.07, 6.45) is 1.06. The zero-order valence-corrected chi connectivity index (χ0v) is 13.3. The molecule has 0 aliphatic carbocycles. The number of aryl methyl sites for hydroxylation is 2. The molecule has 4 nitrogen and oxygen atoms in total. The van der Waals surface area contributed by atoms with Gasteiger partial charge in [-0.3, -0.25) is 0 Å². The van der Waals surface area contributed by atoms with E-state index in [0.29, 0.717) is 5.95 Å². The van der Waals surface area contributed by atoms with Crippen LogP contribution in [0, 0.1) is 13.8 Å². The van der Waals surface area contributed by atoms with Crippen molar-refractivity contribution in [3.8, 4) is 0 Å². The molecule has 0 spiro atoms. The maximum Gasteiger partial charge on any atom is 0.224 e. The van der Waals surface area contributed by atoms with E-state index in [4.69, 9.17) is 0 Å². The summed E-state index contributed by atoms with van der Waals surface area (Å²) in [6.45, 7) is 9.28. The minimum atomic E-state index is 0.208. The molecule has 1 atom stereocenters. The smallest absolute Gasteiger partial charge is 0.224 e. The number of nitrogens with zero attached hydrogens (tertiary/aromatic N) is 2. The fourth-order valence-corrected chi connectivity index (χ4v) is 2.33. The van der Waals surface area contributed by atoms with E-state index >= 15 is 0 Å². The van der Waals surface area contributed by atoms with Gasteiger partial charge in [0.1, 0.15) is 5.82 Å². The highest BCUT2D eigenvalue weighted by molar-refractivity contribution is 5.45. The number of hydrogen-bond acceptors (Lipinski definition) is 4. The van der Waals surface area contributed by atoms with Crippen LogP contribution in [0.2, 0.25) is 0 Å². The monoisotopic (exact) mass is 284 g/mol. The van der Waals surface area contributed by atoms with Crippen LogP contribution < -0.4 is 10.6 Å². The average Bonchev–Trinajstić information content (AvgIpc) is 2.45. The molecule has 0 amide bonds. The molecule has 0 saturated heterocycles. The Morgan fingerprint density at radius 3 is 2.62 bits per heavy atom. The lowest BCUT2D eigenvalue weighted by atomic mass is 10.0. The Labute approximate surface area is 127 Å². The van der Waals surface area contributed by atoms with Crippen LogP contribution in [0.5, 0.6) is 0 Å². The highest BCUT2D eigenvalue weighted by atomic mass is 15.1.